The monoisotopic (exact) mass is 442 g/mol. The number of fused-ring (bicyclic) bond motifs is 2. The molecule has 0 bridgehead atoms. The van der Waals surface area contributed by atoms with Gasteiger partial charge in [0.25, 0.3) is 5.56 Å². The summed E-state index contributed by atoms with van der Waals surface area (Å²) in [6.45, 7) is 0.147. The van der Waals surface area contributed by atoms with Gasteiger partial charge in [0, 0.05) is 41.7 Å². The second kappa shape index (κ2) is 8.63. The number of nitriles is 1. The van der Waals surface area contributed by atoms with Gasteiger partial charge in [-0.15, -0.1) is 0 Å². The zero-order chi connectivity index (χ0) is 22.8. The number of nitrogens with one attached hydrogen (secondary N) is 3. The van der Waals surface area contributed by atoms with E-state index in [1.54, 1.807) is 31.3 Å². The Kier molecular flexibility index (Phi) is 5.73. The Morgan fingerprint density at radius 1 is 1.25 bits per heavy atom. The number of hydrogen-bond donors (Lipinski definition) is 4. The Balaban J connectivity index is 2.06. The van der Waals surface area contributed by atoms with Gasteiger partial charge in [0.1, 0.15) is 0 Å². The summed E-state index contributed by atoms with van der Waals surface area (Å²) in [5.74, 6) is 0. The fourth-order valence-electron chi connectivity index (χ4n) is 3.87. The highest BCUT2D eigenvalue weighted by atomic mass is 35.5. The lowest BCUT2D eigenvalue weighted by Gasteiger charge is -2.17. The largest absolute Gasteiger partial charge is 0.387 e. The summed E-state index contributed by atoms with van der Waals surface area (Å²) in [5.41, 5.74) is 8.62. The molecule has 0 atom stereocenters. The number of hydrogen-bond acceptors (Lipinski definition) is 6. The second-order valence-corrected chi connectivity index (χ2v) is 7.47. The van der Waals surface area contributed by atoms with Crippen LogP contribution in [0.25, 0.3) is 32.8 Å². The molecule has 1 heterocycles. The summed E-state index contributed by atoms with van der Waals surface area (Å²) in [6.07, 6.45) is 1.20. The molecule has 8 heteroatoms. The molecule has 0 saturated carbocycles. The molecule has 3 aromatic carbocycles. The van der Waals surface area contributed by atoms with Crippen LogP contribution in [0.15, 0.2) is 53.3 Å². The van der Waals surface area contributed by atoms with Crippen LogP contribution in [0.1, 0.15) is 22.4 Å². The smallest absolute Gasteiger partial charge is 0.272 e. The number of allylic oxidation sites excluding steroid dienone is 1. The Morgan fingerprint density at radius 3 is 2.72 bits per heavy atom. The maximum absolute atomic E-state index is 12.2. The van der Waals surface area contributed by atoms with E-state index in [9.17, 15) is 10.1 Å². The van der Waals surface area contributed by atoms with E-state index in [-0.39, 0.29) is 12.1 Å². The van der Waals surface area contributed by atoms with Gasteiger partial charge in [-0.05, 0) is 29.1 Å². The minimum atomic E-state index is -0.317. The fourth-order valence-corrected chi connectivity index (χ4v) is 4.24. The molecule has 0 aliphatic rings. The van der Waals surface area contributed by atoms with Crippen LogP contribution in [0.3, 0.4) is 0 Å². The van der Waals surface area contributed by atoms with E-state index in [1.807, 2.05) is 24.3 Å². The van der Waals surface area contributed by atoms with Crippen molar-refractivity contribution in [1.82, 2.24) is 15.5 Å². The maximum Gasteiger partial charge on any atom is 0.272 e. The van der Waals surface area contributed by atoms with Crippen molar-refractivity contribution >= 4 is 50.6 Å². The van der Waals surface area contributed by atoms with Crippen LogP contribution in [0.5, 0.6) is 0 Å². The van der Waals surface area contributed by atoms with Crippen LogP contribution >= 0.6 is 11.6 Å². The topological polar surface area (TPSA) is 131 Å². The molecular weight excluding hydrogens is 424 g/mol. The van der Waals surface area contributed by atoms with Gasteiger partial charge in [0.15, 0.2) is 0 Å². The molecule has 0 amide bonds. The van der Waals surface area contributed by atoms with Crippen molar-refractivity contribution in [1.29, 1.82) is 10.7 Å². The molecule has 0 saturated heterocycles. The van der Waals surface area contributed by atoms with Crippen molar-refractivity contribution in [2.75, 3.05) is 7.05 Å². The van der Waals surface area contributed by atoms with Crippen LogP contribution in [-0.2, 0) is 6.54 Å². The van der Waals surface area contributed by atoms with Gasteiger partial charge in [0.05, 0.1) is 33.4 Å². The van der Waals surface area contributed by atoms with Crippen LogP contribution < -0.4 is 16.6 Å². The van der Waals surface area contributed by atoms with E-state index in [0.717, 1.165) is 10.8 Å². The number of halogens is 1. The van der Waals surface area contributed by atoms with E-state index in [2.05, 4.69) is 21.6 Å². The average molecular weight is 443 g/mol. The van der Waals surface area contributed by atoms with Gasteiger partial charge in [-0.3, -0.25) is 4.79 Å². The predicted octanol–water partition coefficient (Wildman–Crippen LogP) is 3.80. The molecule has 7 nitrogen and oxygen atoms in total. The normalized spacial score (nSPS) is 11.8. The lowest BCUT2D eigenvalue weighted by Crippen LogP contribution is -2.14. The lowest BCUT2D eigenvalue weighted by atomic mass is 9.93. The van der Waals surface area contributed by atoms with Crippen LogP contribution in [0.2, 0.25) is 5.02 Å². The van der Waals surface area contributed by atoms with Crippen molar-refractivity contribution in [3.63, 3.8) is 0 Å². The van der Waals surface area contributed by atoms with Gasteiger partial charge in [0.2, 0.25) is 0 Å². The van der Waals surface area contributed by atoms with E-state index < -0.39 is 0 Å². The number of aromatic amines is 1. The first-order valence-corrected chi connectivity index (χ1v) is 10.2. The maximum atomic E-state index is 12.2. The van der Waals surface area contributed by atoms with Crippen molar-refractivity contribution in [2.24, 2.45) is 5.73 Å². The quantitative estimate of drug-likeness (QED) is 0.276. The summed E-state index contributed by atoms with van der Waals surface area (Å²) in [5, 5.41) is 30.7. The summed E-state index contributed by atoms with van der Waals surface area (Å²) >= 11 is 6.78. The number of nitrogens with zero attached hydrogens (tertiary/aromatic N) is 2. The van der Waals surface area contributed by atoms with Crippen molar-refractivity contribution in [3.05, 3.63) is 86.3 Å². The lowest BCUT2D eigenvalue weighted by molar-refractivity contribution is 0.900. The van der Waals surface area contributed by atoms with E-state index >= 15 is 0 Å². The molecule has 0 aliphatic carbocycles. The predicted molar refractivity (Wildman–Crippen MR) is 129 cm³/mol. The summed E-state index contributed by atoms with van der Waals surface area (Å²) < 4.78 is 0. The zero-order valence-corrected chi connectivity index (χ0v) is 17.9. The number of H-pyrrole nitrogens is 1. The molecule has 0 fully saturated rings. The van der Waals surface area contributed by atoms with E-state index in [1.165, 1.54) is 6.21 Å². The summed E-state index contributed by atoms with van der Waals surface area (Å²) in [6, 6.07) is 16.8. The van der Waals surface area contributed by atoms with Gasteiger partial charge in [-0.25, -0.2) is 5.10 Å². The van der Waals surface area contributed by atoms with E-state index in [0.29, 0.717) is 49.4 Å². The van der Waals surface area contributed by atoms with Crippen molar-refractivity contribution in [3.8, 4) is 6.07 Å². The molecule has 0 aliphatic heterocycles. The molecule has 1 aromatic heterocycles. The van der Waals surface area contributed by atoms with Gasteiger partial charge >= 0.3 is 0 Å². The summed E-state index contributed by atoms with van der Waals surface area (Å²) in [7, 11) is 1.71. The SMILES string of the molecule is CN/C(=C(\C=N)c1ccc2c(=O)[nH]nc(CN)c2c1)c1c(C#N)cc2ccccc2c1Cl. The zero-order valence-electron chi connectivity index (χ0n) is 17.2. The number of benzene rings is 3. The average Bonchev–Trinajstić information content (AvgIpc) is 2.83. The van der Waals surface area contributed by atoms with Gasteiger partial charge < -0.3 is 16.5 Å². The van der Waals surface area contributed by atoms with Gasteiger partial charge in [-0.2, -0.15) is 10.4 Å². The first-order valence-electron chi connectivity index (χ1n) is 9.80. The molecule has 0 unspecified atom stereocenters. The van der Waals surface area contributed by atoms with Crippen LogP contribution in [-0.4, -0.2) is 23.5 Å². The summed E-state index contributed by atoms with van der Waals surface area (Å²) in [4.78, 5) is 12.2. The third kappa shape index (κ3) is 3.42. The third-order valence-electron chi connectivity index (χ3n) is 5.39. The Hall–Kier alpha value is -3.99. The molecule has 4 rings (SSSR count). The Labute approximate surface area is 188 Å². The first kappa shape index (κ1) is 21.2. The Morgan fingerprint density at radius 2 is 2.03 bits per heavy atom. The fraction of sp³-hybridized carbons (Fsp3) is 0.0833. The third-order valence-corrected chi connectivity index (χ3v) is 5.78. The highest BCUT2D eigenvalue weighted by Crippen LogP contribution is 2.36. The standard InChI is InChI=1S/C24H19ClN6O/c1-29-23(21-15(10-26)8-13-4-2-3-5-16(13)22(21)25)19(11-27)14-6-7-17-18(9-14)20(12-28)30-31-24(17)32/h2-9,11,27,29H,12,28H2,1H3,(H,31,32)/b23-19+,27-11?. The molecule has 5 N–H and O–H groups in total. The molecule has 158 valence electrons. The number of nitrogens with two attached hydrogens (primary N) is 1. The highest BCUT2D eigenvalue weighted by molar-refractivity contribution is 6.38. The number of rotatable bonds is 5. The molecule has 32 heavy (non-hydrogen) atoms. The van der Waals surface area contributed by atoms with Gasteiger partial charge in [-0.1, -0.05) is 41.9 Å². The first-order chi connectivity index (χ1) is 15.5. The highest BCUT2D eigenvalue weighted by Gasteiger charge is 2.19. The van der Waals surface area contributed by atoms with Crippen LogP contribution in [0, 0.1) is 16.7 Å². The molecule has 4 aromatic rings. The minimum absolute atomic E-state index is 0.147. The minimum Gasteiger partial charge on any atom is -0.387 e. The number of aromatic nitrogens is 2. The van der Waals surface area contributed by atoms with E-state index in [4.69, 9.17) is 22.7 Å². The van der Waals surface area contributed by atoms with Crippen molar-refractivity contribution < 1.29 is 0 Å². The molecule has 0 spiro atoms. The second-order valence-electron chi connectivity index (χ2n) is 7.09. The molecule has 0 radical (unpaired) electrons. The Bertz CT molecular complexity index is 1510. The van der Waals surface area contributed by atoms with Crippen LogP contribution in [0.4, 0.5) is 0 Å². The molecular formula is C24H19ClN6O. The van der Waals surface area contributed by atoms with Crippen molar-refractivity contribution in [2.45, 2.75) is 6.54 Å².